The maximum absolute atomic E-state index is 11.7. The van der Waals surface area contributed by atoms with Crippen LogP contribution in [-0.2, 0) is 4.79 Å². The van der Waals surface area contributed by atoms with Crippen molar-refractivity contribution in [3.63, 3.8) is 0 Å². The van der Waals surface area contributed by atoms with Gasteiger partial charge in [-0.15, -0.1) is 11.3 Å². The fourth-order valence-electron chi connectivity index (χ4n) is 2.71. The molecule has 2 rings (SSSR count). The average molecular weight is 309 g/mol. The second-order valence-corrected chi connectivity index (χ2v) is 7.49. The Labute approximate surface area is 132 Å². The first-order valence-electron chi connectivity index (χ1n) is 7.70. The number of rotatable bonds is 5. The molecule has 118 valence electrons. The van der Waals surface area contributed by atoms with Gasteiger partial charge in [0.2, 0.25) is 5.91 Å². The van der Waals surface area contributed by atoms with Crippen LogP contribution >= 0.6 is 11.3 Å². The van der Waals surface area contributed by atoms with Gasteiger partial charge in [-0.3, -0.25) is 9.69 Å². The molecule has 1 aliphatic heterocycles. The van der Waals surface area contributed by atoms with Gasteiger partial charge in [-0.05, 0) is 38.8 Å². The number of aryl methyl sites for hydroxylation is 1. The van der Waals surface area contributed by atoms with Crippen molar-refractivity contribution in [3.05, 3.63) is 21.9 Å². The van der Waals surface area contributed by atoms with Gasteiger partial charge in [0, 0.05) is 49.0 Å². The zero-order valence-electron chi connectivity index (χ0n) is 13.6. The van der Waals surface area contributed by atoms with Crippen LogP contribution in [0.3, 0.4) is 0 Å². The molecule has 1 fully saturated rings. The molecule has 0 aromatic carbocycles. The minimum Gasteiger partial charge on any atom is -0.348 e. The first-order valence-corrected chi connectivity index (χ1v) is 8.52. The van der Waals surface area contributed by atoms with Crippen LogP contribution < -0.4 is 5.32 Å². The number of nitrogens with one attached hydrogen (secondary N) is 1. The summed E-state index contributed by atoms with van der Waals surface area (Å²) in [5.41, 5.74) is 0. The van der Waals surface area contributed by atoms with Crippen molar-refractivity contribution in [3.8, 4) is 0 Å². The number of hydrogen-bond acceptors (Lipinski definition) is 4. The molecular weight excluding hydrogens is 282 g/mol. The zero-order valence-corrected chi connectivity index (χ0v) is 14.4. The Hall–Kier alpha value is -0.910. The summed E-state index contributed by atoms with van der Waals surface area (Å²) in [6.07, 6.45) is 2.24. The molecule has 1 unspecified atom stereocenters. The molecule has 1 N–H and O–H groups in total. The van der Waals surface area contributed by atoms with E-state index >= 15 is 0 Å². The van der Waals surface area contributed by atoms with E-state index in [2.05, 4.69) is 36.2 Å². The lowest BCUT2D eigenvalue weighted by Gasteiger charge is -2.33. The monoisotopic (exact) mass is 309 g/mol. The van der Waals surface area contributed by atoms with E-state index in [1.165, 1.54) is 9.75 Å². The molecule has 1 amide bonds. The molecule has 1 atom stereocenters. The van der Waals surface area contributed by atoms with Crippen molar-refractivity contribution >= 4 is 17.2 Å². The molecule has 0 spiro atoms. The van der Waals surface area contributed by atoms with Crippen LogP contribution in [0.15, 0.2) is 12.1 Å². The Morgan fingerprint density at radius 2 is 2.10 bits per heavy atom. The van der Waals surface area contributed by atoms with Crippen LogP contribution in [0.1, 0.15) is 35.6 Å². The van der Waals surface area contributed by atoms with E-state index in [0.29, 0.717) is 18.6 Å². The molecule has 0 bridgehead atoms. The number of likely N-dealkylation sites (N-methyl/N-ethyl adjacent to an activating group) is 1. The fourth-order valence-corrected chi connectivity index (χ4v) is 3.60. The highest BCUT2D eigenvalue weighted by Crippen LogP contribution is 2.24. The summed E-state index contributed by atoms with van der Waals surface area (Å²) in [5, 5.41) is 3.73. The van der Waals surface area contributed by atoms with Gasteiger partial charge in [0.05, 0.1) is 6.54 Å². The highest BCUT2D eigenvalue weighted by molar-refractivity contribution is 7.12. The molecule has 1 aromatic heterocycles. The van der Waals surface area contributed by atoms with Gasteiger partial charge in [-0.1, -0.05) is 0 Å². The molecule has 0 saturated carbocycles. The van der Waals surface area contributed by atoms with E-state index in [1.54, 1.807) is 4.90 Å². The first-order chi connectivity index (χ1) is 9.95. The second-order valence-electron chi connectivity index (χ2n) is 6.18. The Kier molecular flexibility index (Phi) is 5.79. The van der Waals surface area contributed by atoms with Gasteiger partial charge in [0.25, 0.3) is 0 Å². The summed E-state index contributed by atoms with van der Waals surface area (Å²) in [6.45, 7) is 6.97. The summed E-state index contributed by atoms with van der Waals surface area (Å²) in [4.78, 5) is 18.4. The van der Waals surface area contributed by atoms with Gasteiger partial charge in [-0.2, -0.15) is 0 Å². The number of carbonyl (C=O) groups is 1. The molecule has 1 aromatic rings. The molecule has 4 nitrogen and oxygen atoms in total. The molecule has 1 aliphatic rings. The molecular formula is C16H27N3OS. The van der Waals surface area contributed by atoms with Crippen molar-refractivity contribution in [2.24, 2.45) is 0 Å². The summed E-state index contributed by atoms with van der Waals surface area (Å²) >= 11 is 1.87. The molecule has 21 heavy (non-hydrogen) atoms. The van der Waals surface area contributed by atoms with E-state index in [1.807, 2.05) is 25.4 Å². The highest BCUT2D eigenvalue weighted by Gasteiger charge is 2.22. The van der Waals surface area contributed by atoms with Crippen molar-refractivity contribution in [1.29, 1.82) is 0 Å². The van der Waals surface area contributed by atoms with E-state index in [9.17, 15) is 4.79 Å². The predicted molar refractivity (Wildman–Crippen MR) is 88.8 cm³/mol. The van der Waals surface area contributed by atoms with Gasteiger partial charge in [0.1, 0.15) is 0 Å². The van der Waals surface area contributed by atoms with Crippen molar-refractivity contribution in [1.82, 2.24) is 15.1 Å². The van der Waals surface area contributed by atoms with Gasteiger partial charge < -0.3 is 10.2 Å². The summed E-state index contributed by atoms with van der Waals surface area (Å²) in [5.74, 6) is 0.198. The lowest BCUT2D eigenvalue weighted by molar-refractivity contribution is -0.130. The largest absolute Gasteiger partial charge is 0.348 e. The summed E-state index contributed by atoms with van der Waals surface area (Å²) in [6, 6.07) is 5.40. The predicted octanol–water partition coefficient (Wildman–Crippen LogP) is 2.26. The third-order valence-corrected chi connectivity index (χ3v) is 5.30. The minimum atomic E-state index is 0.198. The van der Waals surface area contributed by atoms with E-state index < -0.39 is 0 Å². The number of piperidine rings is 1. The third-order valence-electron chi connectivity index (χ3n) is 4.12. The fraction of sp³-hybridized carbons (Fsp3) is 0.688. The van der Waals surface area contributed by atoms with Crippen LogP contribution in [0.2, 0.25) is 0 Å². The number of thiophene rings is 1. The Morgan fingerprint density at radius 3 is 2.62 bits per heavy atom. The number of amides is 1. The maximum Gasteiger partial charge on any atom is 0.236 e. The summed E-state index contributed by atoms with van der Waals surface area (Å²) < 4.78 is 0. The molecule has 1 saturated heterocycles. The van der Waals surface area contributed by atoms with E-state index in [0.717, 1.165) is 25.9 Å². The van der Waals surface area contributed by atoms with Crippen LogP contribution in [-0.4, -0.2) is 55.5 Å². The van der Waals surface area contributed by atoms with Gasteiger partial charge >= 0.3 is 0 Å². The third kappa shape index (κ3) is 4.80. The standard InChI is InChI=1S/C16H27N3OS/c1-12-5-6-15(21-12)13(2)17-14-7-9-19(10-8-14)11-16(20)18(3)4/h5-6,13-14,17H,7-11H2,1-4H3. The number of likely N-dealkylation sites (tertiary alicyclic amines) is 1. The van der Waals surface area contributed by atoms with Crippen LogP contribution in [0.5, 0.6) is 0 Å². The van der Waals surface area contributed by atoms with Crippen LogP contribution in [0.25, 0.3) is 0 Å². The maximum atomic E-state index is 11.7. The SMILES string of the molecule is Cc1ccc(C(C)NC2CCN(CC(=O)N(C)C)CC2)s1. The second kappa shape index (κ2) is 7.38. The van der Waals surface area contributed by atoms with Crippen LogP contribution in [0, 0.1) is 6.92 Å². The molecule has 0 radical (unpaired) electrons. The molecule has 2 heterocycles. The number of nitrogens with zero attached hydrogens (tertiary/aromatic N) is 2. The topological polar surface area (TPSA) is 35.6 Å². The lowest BCUT2D eigenvalue weighted by atomic mass is 10.0. The highest BCUT2D eigenvalue weighted by atomic mass is 32.1. The lowest BCUT2D eigenvalue weighted by Crippen LogP contribution is -2.46. The van der Waals surface area contributed by atoms with Gasteiger partial charge in [0.15, 0.2) is 0 Å². The Bertz CT molecular complexity index is 464. The van der Waals surface area contributed by atoms with Crippen molar-refractivity contribution in [2.45, 2.75) is 38.8 Å². The number of carbonyl (C=O) groups excluding carboxylic acids is 1. The van der Waals surface area contributed by atoms with Crippen molar-refractivity contribution in [2.75, 3.05) is 33.7 Å². The normalized spacial score (nSPS) is 18.7. The first kappa shape index (κ1) is 16.5. The average Bonchev–Trinajstić information content (AvgIpc) is 2.87. The molecule has 5 heteroatoms. The zero-order chi connectivity index (χ0) is 15.4. The van der Waals surface area contributed by atoms with Gasteiger partial charge in [-0.25, -0.2) is 0 Å². The quantitative estimate of drug-likeness (QED) is 0.906. The number of hydrogen-bond donors (Lipinski definition) is 1. The minimum absolute atomic E-state index is 0.198. The Balaban J connectivity index is 1.75. The molecule has 0 aliphatic carbocycles. The van der Waals surface area contributed by atoms with E-state index in [4.69, 9.17) is 0 Å². The Morgan fingerprint density at radius 1 is 1.43 bits per heavy atom. The van der Waals surface area contributed by atoms with E-state index in [-0.39, 0.29) is 5.91 Å². The summed E-state index contributed by atoms with van der Waals surface area (Å²) in [7, 11) is 3.64. The van der Waals surface area contributed by atoms with Crippen molar-refractivity contribution < 1.29 is 4.79 Å². The smallest absolute Gasteiger partial charge is 0.236 e. The van der Waals surface area contributed by atoms with Crippen LogP contribution in [0.4, 0.5) is 0 Å².